The van der Waals surface area contributed by atoms with E-state index < -0.39 is 27.2 Å². The van der Waals surface area contributed by atoms with Crippen LogP contribution in [0.3, 0.4) is 0 Å². The molecule has 0 heterocycles. The lowest BCUT2D eigenvalue weighted by Crippen LogP contribution is -2.07. The molecule has 0 saturated heterocycles. The van der Waals surface area contributed by atoms with Crippen molar-refractivity contribution in [1.82, 2.24) is 0 Å². The van der Waals surface area contributed by atoms with E-state index in [9.17, 15) is 25.0 Å². The number of carbonyl (C=O) groups is 1. The Labute approximate surface area is 287 Å². The molecule has 268 valence electrons. The number of hydrogen-bond acceptors (Lipinski definition) is 8. The Morgan fingerprint density at radius 1 is 0.542 bits per heavy atom. The summed E-state index contributed by atoms with van der Waals surface area (Å²) in [6, 6.07) is 8.18. The van der Waals surface area contributed by atoms with E-state index in [1.54, 1.807) is 12.1 Å². The molecular formula is C38H58N2O8. The molecule has 2 aromatic rings. The number of unbranched alkanes of at least 4 members (excludes halogenated alkanes) is 18. The Balaban J connectivity index is 1.91. The summed E-state index contributed by atoms with van der Waals surface area (Å²) in [4.78, 5) is 33.7. The van der Waals surface area contributed by atoms with Gasteiger partial charge >= 0.3 is 5.97 Å². The topological polar surface area (TPSA) is 131 Å². The first-order chi connectivity index (χ1) is 23.3. The number of nitrogens with zero attached hydrogens (tertiary/aromatic N) is 2. The van der Waals surface area contributed by atoms with E-state index in [1.165, 1.54) is 103 Å². The second kappa shape index (κ2) is 25.3. The standard InChI is InChI=1S/C38H58N2O8/c1-3-5-7-9-11-13-15-17-19-21-23-46-36-25-32(26-37(30-36)47-24-22-20-18-16-14-12-10-8-6-4-2)31-48-38(41)33-27-34(39(42)43)29-35(28-33)40(44)45/h25-30H,3-24,31H2,1-2H3. The molecule has 0 fully saturated rings. The lowest BCUT2D eigenvalue weighted by atomic mass is 10.1. The van der Waals surface area contributed by atoms with Crippen molar-refractivity contribution in [3.63, 3.8) is 0 Å². The molecule has 0 spiro atoms. The van der Waals surface area contributed by atoms with Gasteiger partial charge in [0.2, 0.25) is 0 Å². The minimum atomic E-state index is -0.897. The van der Waals surface area contributed by atoms with Gasteiger partial charge in [-0.05, 0) is 30.5 Å². The molecule has 10 heteroatoms. The molecule has 48 heavy (non-hydrogen) atoms. The van der Waals surface area contributed by atoms with Crippen LogP contribution >= 0.6 is 0 Å². The maximum absolute atomic E-state index is 12.8. The molecule has 0 unspecified atom stereocenters. The largest absolute Gasteiger partial charge is 0.493 e. The average molecular weight is 671 g/mol. The van der Waals surface area contributed by atoms with Crippen molar-refractivity contribution in [1.29, 1.82) is 0 Å². The number of nitro groups is 2. The van der Waals surface area contributed by atoms with Crippen LogP contribution in [-0.2, 0) is 11.3 Å². The zero-order valence-electron chi connectivity index (χ0n) is 29.4. The highest BCUT2D eigenvalue weighted by molar-refractivity contribution is 5.91. The normalized spacial score (nSPS) is 11.0. The van der Waals surface area contributed by atoms with Gasteiger partial charge in [0.25, 0.3) is 11.4 Å². The van der Waals surface area contributed by atoms with Gasteiger partial charge < -0.3 is 14.2 Å². The van der Waals surface area contributed by atoms with Crippen molar-refractivity contribution < 1.29 is 28.9 Å². The second-order valence-corrected chi connectivity index (χ2v) is 12.7. The molecule has 0 aliphatic carbocycles. The smallest absolute Gasteiger partial charge is 0.338 e. The molecule has 10 nitrogen and oxygen atoms in total. The predicted octanol–water partition coefficient (Wildman–Crippen LogP) is 11.5. The van der Waals surface area contributed by atoms with Crippen molar-refractivity contribution >= 4 is 17.3 Å². The van der Waals surface area contributed by atoms with Gasteiger partial charge in [-0.1, -0.05) is 129 Å². The van der Waals surface area contributed by atoms with E-state index in [1.807, 2.05) is 6.07 Å². The maximum Gasteiger partial charge on any atom is 0.338 e. The number of rotatable bonds is 29. The van der Waals surface area contributed by atoms with Crippen LogP contribution in [0, 0.1) is 20.2 Å². The lowest BCUT2D eigenvalue weighted by molar-refractivity contribution is -0.394. The Morgan fingerprint density at radius 2 is 0.917 bits per heavy atom. The van der Waals surface area contributed by atoms with Gasteiger partial charge in [-0.25, -0.2) is 4.79 Å². The van der Waals surface area contributed by atoms with E-state index in [2.05, 4.69) is 13.8 Å². The fourth-order valence-electron chi connectivity index (χ4n) is 5.60. The fourth-order valence-corrected chi connectivity index (χ4v) is 5.60. The van der Waals surface area contributed by atoms with Gasteiger partial charge in [0.15, 0.2) is 0 Å². The molecule has 0 atom stereocenters. The van der Waals surface area contributed by atoms with Crippen molar-refractivity contribution in [3.8, 4) is 11.5 Å². The summed E-state index contributed by atoms with van der Waals surface area (Å²) >= 11 is 0. The van der Waals surface area contributed by atoms with Crippen LogP contribution in [0.5, 0.6) is 11.5 Å². The monoisotopic (exact) mass is 670 g/mol. The predicted molar refractivity (Wildman–Crippen MR) is 190 cm³/mol. The third-order valence-electron chi connectivity index (χ3n) is 8.40. The van der Waals surface area contributed by atoms with Gasteiger partial charge in [0.1, 0.15) is 18.1 Å². The van der Waals surface area contributed by atoms with Crippen LogP contribution in [0.1, 0.15) is 158 Å². The SMILES string of the molecule is CCCCCCCCCCCCOc1cc(COC(=O)c2cc([N+](=O)[O-])cc([N+](=O)[O-])c2)cc(OCCCCCCCCCCCC)c1. The van der Waals surface area contributed by atoms with Crippen molar-refractivity contribution in [2.24, 2.45) is 0 Å². The number of hydrogen-bond donors (Lipinski definition) is 0. The summed E-state index contributed by atoms with van der Waals surface area (Å²) in [5.74, 6) is 0.332. The average Bonchev–Trinajstić information content (AvgIpc) is 3.08. The van der Waals surface area contributed by atoms with Gasteiger partial charge in [-0.15, -0.1) is 0 Å². The first-order valence-corrected chi connectivity index (χ1v) is 18.3. The van der Waals surface area contributed by atoms with Gasteiger partial charge in [0, 0.05) is 18.2 Å². The van der Waals surface area contributed by atoms with Crippen molar-refractivity contribution in [3.05, 3.63) is 67.8 Å². The number of esters is 1. The molecule has 0 N–H and O–H groups in total. The highest BCUT2D eigenvalue weighted by atomic mass is 16.6. The summed E-state index contributed by atoms with van der Waals surface area (Å²) in [5.41, 5.74) is -0.744. The quantitative estimate of drug-likeness (QED) is 0.0361. The van der Waals surface area contributed by atoms with Crippen LogP contribution in [-0.4, -0.2) is 29.0 Å². The molecule has 0 aliphatic heterocycles. The highest BCUT2D eigenvalue weighted by Crippen LogP contribution is 2.27. The second-order valence-electron chi connectivity index (χ2n) is 12.7. The van der Waals surface area contributed by atoms with Crippen LogP contribution in [0.2, 0.25) is 0 Å². The van der Waals surface area contributed by atoms with E-state index in [0.29, 0.717) is 30.3 Å². The number of nitro benzene ring substituents is 2. The summed E-state index contributed by atoms with van der Waals surface area (Å²) in [5, 5.41) is 22.5. The Hall–Kier alpha value is -3.69. The maximum atomic E-state index is 12.8. The molecule has 0 amide bonds. The Bertz CT molecular complexity index is 1140. The van der Waals surface area contributed by atoms with Crippen LogP contribution < -0.4 is 9.47 Å². The highest BCUT2D eigenvalue weighted by Gasteiger charge is 2.21. The molecule has 0 aromatic heterocycles. The zero-order valence-corrected chi connectivity index (χ0v) is 29.4. The van der Waals surface area contributed by atoms with Crippen molar-refractivity contribution in [2.75, 3.05) is 13.2 Å². The molecule has 0 aliphatic rings. The third kappa shape index (κ3) is 18.0. The van der Waals surface area contributed by atoms with E-state index in [-0.39, 0.29) is 12.2 Å². The van der Waals surface area contributed by atoms with Crippen molar-refractivity contribution in [2.45, 2.75) is 149 Å². The minimum Gasteiger partial charge on any atom is -0.493 e. The zero-order chi connectivity index (χ0) is 34.8. The Morgan fingerprint density at radius 3 is 1.29 bits per heavy atom. The first-order valence-electron chi connectivity index (χ1n) is 18.3. The summed E-state index contributed by atoms with van der Waals surface area (Å²) in [6.45, 7) is 5.45. The number of carbonyl (C=O) groups excluding carboxylic acids is 1. The van der Waals surface area contributed by atoms with Crippen LogP contribution in [0.15, 0.2) is 36.4 Å². The fraction of sp³-hybridized carbons (Fsp3) is 0.658. The molecule has 2 aromatic carbocycles. The Kier molecular flexibility index (Phi) is 21.4. The summed E-state index contributed by atoms with van der Waals surface area (Å²) in [6.07, 6.45) is 24.7. The summed E-state index contributed by atoms with van der Waals surface area (Å²) in [7, 11) is 0. The van der Waals surface area contributed by atoms with Crippen LogP contribution in [0.25, 0.3) is 0 Å². The van der Waals surface area contributed by atoms with Gasteiger partial charge in [-0.2, -0.15) is 0 Å². The van der Waals surface area contributed by atoms with Gasteiger partial charge in [-0.3, -0.25) is 20.2 Å². The number of ether oxygens (including phenoxy) is 3. The summed E-state index contributed by atoms with van der Waals surface area (Å²) < 4.78 is 17.6. The molecule has 0 radical (unpaired) electrons. The molecular weight excluding hydrogens is 612 g/mol. The molecule has 0 saturated carbocycles. The number of non-ortho nitro benzene ring substituents is 2. The van der Waals surface area contributed by atoms with E-state index >= 15 is 0 Å². The lowest BCUT2D eigenvalue weighted by Gasteiger charge is -2.13. The first kappa shape index (κ1) is 40.5. The van der Waals surface area contributed by atoms with E-state index in [0.717, 1.165) is 43.9 Å². The van der Waals surface area contributed by atoms with Crippen LogP contribution in [0.4, 0.5) is 11.4 Å². The number of benzene rings is 2. The minimum absolute atomic E-state index is 0.153. The molecule has 0 bridgehead atoms. The third-order valence-corrected chi connectivity index (χ3v) is 8.40. The van der Waals surface area contributed by atoms with E-state index in [4.69, 9.17) is 14.2 Å². The van der Waals surface area contributed by atoms with Gasteiger partial charge in [0.05, 0.1) is 34.7 Å². The molecule has 2 rings (SSSR count).